The van der Waals surface area contributed by atoms with Crippen molar-refractivity contribution in [1.29, 1.82) is 0 Å². The SMILES string of the molecule is CC(C)(C)OC(=O)NC1CCN(C[C@]2(O)Cn3c(=O)ccc4ncc(F)c2c43)CC1. The molecule has 2 N–H and O–H groups in total. The third-order valence-electron chi connectivity index (χ3n) is 5.63. The quantitative estimate of drug-likeness (QED) is 0.788. The number of ether oxygens (including phenoxy) is 1. The van der Waals surface area contributed by atoms with Crippen molar-refractivity contribution in [2.75, 3.05) is 19.6 Å². The lowest BCUT2D eigenvalue weighted by molar-refractivity contribution is -0.0165. The monoisotopic (exact) mass is 418 g/mol. The van der Waals surface area contributed by atoms with E-state index in [0.29, 0.717) is 37.0 Å². The van der Waals surface area contributed by atoms with E-state index in [1.807, 2.05) is 25.7 Å². The third kappa shape index (κ3) is 3.91. The molecule has 0 saturated carbocycles. The van der Waals surface area contributed by atoms with Crippen LogP contribution >= 0.6 is 0 Å². The maximum absolute atomic E-state index is 14.7. The second kappa shape index (κ2) is 7.31. The van der Waals surface area contributed by atoms with Crippen LogP contribution in [0, 0.1) is 5.82 Å². The molecule has 1 fully saturated rings. The largest absolute Gasteiger partial charge is 0.444 e. The van der Waals surface area contributed by atoms with Gasteiger partial charge in [-0.1, -0.05) is 0 Å². The number of β-amino-alcohol motifs (C(OH)–C–C–N with tert-alkyl or cyclic N) is 1. The summed E-state index contributed by atoms with van der Waals surface area (Å²) in [6.45, 7) is 6.90. The molecular weight excluding hydrogens is 391 g/mol. The van der Waals surface area contributed by atoms with Crippen LogP contribution in [0.5, 0.6) is 0 Å². The maximum Gasteiger partial charge on any atom is 0.407 e. The number of nitrogens with zero attached hydrogens (tertiary/aromatic N) is 3. The number of amides is 1. The van der Waals surface area contributed by atoms with Gasteiger partial charge in [0.1, 0.15) is 17.0 Å². The van der Waals surface area contributed by atoms with Crippen molar-refractivity contribution in [2.24, 2.45) is 0 Å². The lowest BCUT2D eigenvalue weighted by Gasteiger charge is -2.37. The zero-order valence-corrected chi connectivity index (χ0v) is 17.4. The Labute approximate surface area is 173 Å². The molecule has 0 aromatic carbocycles. The summed E-state index contributed by atoms with van der Waals surface area (Å²) in [6, 6.07) is 2.92. The Bertz CT molecular complexity index is 1040. The molecule has 9 heteroatoms. The first-order valence-electron chi connectivity index (χ1n) is 10.2. The van der Waals surface area contributed by atoms with Crippen molar-refractivity contribution in [1.82, 2.24) is 19.8 Å². The van der Waals surface area contributed by atoms with E-state index in [0.717, 1.165) is 6.20 Å². The van der Waals surface area contributed by atoms with Crippen molar-refractivity contribution in [2.45, 2.75) is 57.4 Å². The number of hydrogen-bond donors (Lipinski definition) is 2. The summed E-state index contributed by atoms with van der Waals surface area (Å²) in [5.74, 6) is -0.608. The number of likely N-dealkylation sites (tertiary alicyclic amines) is 1. The number of rotatable bonds is 3. The van der Waals surface area contributed by atoms with E-state index in [9.17, 15) is 19.1 Å². The predicted octanol–water partition coefficient (Wildman–Crippen LogP) is 1.73. The van der Waals surface area contributed by atoms with E-state index >= 15 is 0 Å². The molecule has 0 bridgehead atoms. The molecule has 4 rings (SSSR count). The molecule has 2 aromatic rings. The molecule has 30 heavy (non-hydrogen) atoms. The first-order valence-corrected chi connectivity index (χ1v) is 10.2. The molecule has 2 aliphatic rings. The molecular formula is C21H27FN4O4. The Morgan fingerprint density at radius 2 is 2.07 bits per heavy atom. The fraction of sp³-hybridized carbons (Fsp3) is 0.571. The molecule has 0 spiro atoms. The number of alkyl carbamates (subject to hydrolysis) is 1. The van der Waals surface area contributed by atoms with E-state index < -0.39 is 23.1 Å². The van der Waals surface area contributed by atoms with Crippen LogP contribution in [-0.2, 0) is 16.9 Å². The van der Waals surface area contributed by atoms with Gasteiger partial charge in [-0.15, -0.1) is 0 Å². The minimum atomic E-state index is -1.51. The molecule has 8 nitrogen and oxygen atoms in total. The van der Waals surface area contributed by atoms with Gasteiger partial charge in [-0.2, -0.15) is 0 Å². The average molecular weight is 418 g/mol. The van der Waals surface area contributed by atoms with Crippen LogP contribution in [0.3, 0.4) is 0 Å². The lowest BCUT2D eigenvalue weighted by Crippen LogP contribution is -2.50. The summed E-state index contributed by atoms with van der Waals surface area (Å²) >= 11 is 0. The molecule has 0 aliphatic carbocycles. The number of aromatic nitrogens is 2. The fourth-order valence-electron chi connectivity index (χ4n) is 4.39. The molecule has 2 aliphatic heterocycles. The number of hydrogen-bond acceptors (Lipinski definition) is 6. The molecule has 1 saturated heterocycles. The first kappa shape index (κ1) is 20.7. The van der Waals surface area contributed by atoms with Gasteiger partial charge in [0.2, 0.25) is 0 Å². The lowest BCUT2D eigenvalue weighted by atomic mass is 9.93. The number of aliphatic hydroxyl groups is 1. The second-order valence-corrected chi connectivity index (χ2v) is 9.20. The van der Waals surface area contributed by atoms with Crippen molar-refractivity contribution in [3.63, 3.8) is 0 Å². The summed E-state index contributed by atoms with van der Waals surface area (Å²) in [5, 5.41) is 14.2. The van der Waals surface area contributed by atoms with Crippen LogP contribution in [0.2, 0.25) is 0 Å². The van der Waals surface area contributed by atoms with Crippen LogP contribution in [-0.4, -0.2) is 56.9 Å². The molecule has 162 valence electrons. The Hall–Kier alpha value is -2.52. The number of carbonyl (C=O) groups is 1. The van der Waals surface area contributed by atoms with Crippen LogP contribution in [0.1, 0.15) is 39.2 Å². The average Bonchev–Trinajstić information content (AvgIpc) is 2.95. The predicted molar refractivity (Wildman–Crippen MR) is 109 cm³/mol. The summed E-state index contributed by atoms with van der Waals surface area (Å²) in [4.78, 5) is 30.3. The summed E-state index contributed by atoms with van der Waals surface area (Å²) in [7, 11) is 0. The van der Waals surface area contributed by atoms with Crippen LogP contribution < -0.4 is 10.9 Å². The molecule has 1 amide bonds. The summed E-state index contributed by atoms with van der Waals surface area (Å²) in [6.07, 6.45) is 2.04. The Morgan fingerprint density at radius 1 is 1.37 bits per heavy atom. The van der Waals surface area contributed by atoms with E-state index in [1.165, 1.54) is 10.6 Å². The van der Waals surface area contributed by atoms with Crippen molar-refractivity contribution in [3.8, 4) is 0 Å². The van der Waals surface area contributed by atoms with Gasteiger partial charge in [-0.25, -0.2) is 9.18 Å². The molecule has 2 aromatic heterocycles. The zero-order chi connectivity index (χ0) is 21.7. The first-order chi connectivity index (χ1) is 14.1. The number of carbonyl (C=O) groups excluding carboxylic acids is 1. The number of halogens is 1. The highest BCUT2D eigenvalue weighted by molar-refractivity contribution is 5.81. The number of piperidine rings is 1. The number of pyridine rings is 2. The van der Waals surface area contributed by atoms with Crippen LogP contribution in [0.25, 0.3) is 11.0 Å². The normalized spacial score (nSPS) is 22.4. The smallest absolute Gasteiger partial charge is 0.407 e. The maximum atomic E-state index is 14.7. The Morgan fingerprint density at radius 3 is 2.73 bits per heavy atom. The van der Waals surface area contributed by atoms with Gasteiger partial charge in [0.05, 0.1) is 29.3 Å². The van der Waals surface area contributed by atoms with Gasteiger partial charge in [-0.05, 0) is 39.7 Å². The third-order valence-corrected chi connectivity index (χ3v) is 5.63. The van der Waals surface area contributed by atoms with E-state index in [4.69, 9.17) is 4.74 Å². The molecule has 0 unspecified atom stereocenters. The van der Waals surface area contributed by atoms with E-state index in [2.05, 4.69) is 10.3 Å². The van der Waals surface area contributed by atoms with Gasteiger partial charge >= 0.3 is 6.09 Å². The second-order valence-electron chi connectivity index (χ2n) is 9.20. The summed E-state index contributed by atoms with van der Waals surface area (Å²) in [5.41, 5.74) is -1.35. The van der Waals surface area contributed by atoms with Crippen LogP contribution in [0.15, 0.2) is 23.1 Å². The Balaban J connectivity index is 1.45. The van der Waals surface area contributed by atoms with Gasteiger partial charge < -0.3 is 19.7 Å². The van der Waals surface area contributed by atoms with Gasteiger partial charge in [0.15, 0.2) is 0 Å². The van der Waals surface area contributed by atoms with E-state index in [1.54, 1.807) is 6.07 Å². The highest BCUT2D eigenvalue weighted by atomic mass is 19.1. The zero-order valence-electron chi connectivity index (χ0n) is 17.4. The molecule has 1 atom stereocenters. The molecule has 0 radical (unpaired) electrons. The highest BCUT2D eigenvalue weighted by Crippen LogP contribution is 2.37. The number of nitrogens with one attached hydrogen (secondary N) is 1. The minimum absolute atomic E-state index is 0.00277. The topological polar surface area (TPSA) is 96.7 Å². The van der Waals surface area contributed by atoms with Gasteiger partial charge in [-0.3, -0.25) is 14.7 Å². The van der Waals surface area contributed by atoms with Crippen LogP contribution in [0.4, 0.5) is 9.18 Å². The van der Waals surface area contributed by atoms with Gasteiger partial charge in [0, 0.05) is 31.7 Å². The van der Waals surface area contributed by atoms with Crippen molar-refractivity contribution >= 4 is 17.1 Å². The standard InChI is InChI=1S/C21H27FN4O4/c1-20(2,3)30-19(28)24-13-6-8-25(9-7-13)11-21(29)12-26-16(27)5-4-15-18(26)17(21)14(22)10-23-15/h4-5,10,13,29H,6-9,11-12H2,1-3H3,(H,24,28)/t21-/m0/s1. The minimum Gasteiger partial charge on any atom is -0.444 e. The van der Waals surface area contributed by atoms with Gasteiger partial charge in [0.25, 0.3) is 5.56 Å². The van der Waals surface area contributed by atoms with E-state index in [-0.39, 0.29) is 30.3 Å². The van der Waals surface area contributed by atoms with Crippen molar-refractivity contribution in [3.05, 3.63) is 40.1 Å². The fourth-order valence-corrected chi connectivity index (χ4v) is 4.39. The van der Waals surface area contributed by atoms with Crippen molar-refractivity contribution < 1.29 is 19.0 Å². The summed E-state index contributed by atoms with van der Waals surface area (Å²) < 4.78 is 21.4. The highest BCUT2D eigenvalue weighted by Gasteiger charge is 2.43. The Kier molecular flexibility index (Phi) is 5.06. The molecule has 4 heterocycles.